The van der Waals surface area contributed by atoms with Gasteiger partial charge in [0.15, 0.2) is 0 Å². The molecule has 15 heavy (non-hydrogen) atoms. The van der Waals surface area contributed by atoms with Crippen molar-refractivity contribution in [1.29, 1.82) is 0 Å². The summed E-state index contributed by atoms with van der Waals surface area (Å²) in [6, 6.07) is 0.768. The largest absolute Gasteiger partial charge is 0.317 e. The second-order valence-electron chi connectivity index (χ2n) is 5.32. The first-order chi connectivity index (χ1) is 7.17. The number of hydrogen-bond donors (Lipinski definition) is 1. The molecule has 0 aliphatic heterocycles. The molecule has 1 fully saturated rings. The van der Waals surface area contributed by atoms with E-state index in [2.05, 4.69) is 38.2 Å². The molecular weight excluding hydrogens is 184 g/mol. The molecule has 1 rings (SSSR count). The van der Waals surface area contributed by atoms with Gasteiger partial charge in [-0.1, -0.05) is 26.7 Å². The van der Waals surface area contributed by atoms with Gasteiger partial charge in [-0.05, 0) is 38.8 Å². The van der Waals surface area contributed by atoms with Crippen LogP contribution in [0.3, 0.4) is 0 Å². The van der Waals surface area contributed by atoms with Gasteiger partial charge < -0.3 is 10.2 Å². The molecule has 3 atom stereocenters. The van der Waals surface area contributed by atoms with Crippen molar-refractivity contribution in [3.63, 3.8) is 0 Å². The van der Waals surface area contributed by atoms with Crippen molar-refractivity contribution in [2.24, 2.45) is 11.8 Å². The summed E-state index contributed by atoms with van der Waals surface area (Å²) < 4.78 is 0. The molecule has 0 aromatic rings. The zero-order valence-corrected chi connectivity index (χ0v) is 10.9. The average molecular weight is 212 g/mol. The van der Waals surface area contributed by atoms with Crippen LogP contribution in [0.5, 0.6) is 0 Å². The lowest BCUT2D eigenvalue weighted by Gasteiger charge is -2.27. The van der Waals surface area contributed by atoms with Gasteiger partial charge in [-0.3, -0.25) is 0 Å². The van der Waals surface area contributed by atoms with Gasteiger partial charge >= 0.3 is 0 Å². The Kier molecular flexibility index (Phi) is 5.62. The Bertz CT molecular complexity index is 170. The lowest BCUT2D eigenvalue weighted by atomic mass is 10.0. The zero-order valence-electron chi connectivity index (χ0n) is 10.9. The molecule has 0 heterocycles. The molecule has 0 amide bonds. The summed E-state index contributed by atoms with van der Waals surface area (Å²) in [7, 11) is 4.38. The summed E-state index contributed by atoms with van der Waals surface area (Å²) in [5.41, 5.74) is 0. The predicted molar refractivity (Wildman–Crippen MR) is 67.1 cm³/mol. The van der Waals surface area contributed by atoms with Gasteiger partial charge in [-0.15, -0.1) is 0 Å². The van der Waals surface area contributed by atoms with Crippen molar-refractivity contribution in [1.82, 2.24) is 10.2 Å². The summed E-state index contributed by atoms with van der Waals surface area (Å²) in [5, 5.41) is 3.46. The highest BCUT2D eigenvalue weighted by atomic mass is 15.1. The van der Waals surface area contributed by atoms with E-state index >= 15 is 0 Å². The number of nitrogens with zero attached hydrogens (tertiary/aromatic N) is 1. The second-order valence-corrected chi connectivity index (χ2v) is 5.32. The SMILES string of the molecule is CCC(C)CN(C)CC1CCCC1NC. The van der Waals surface area contributed by atoms with Gasteiger partial charge in [-0.2, -0.15) is 0 Å². The molecule has 0 aromatic carbocycles. The second kappa shape index (κ2) is 6.49. The average Bonchev–Trinajstić information content (AvgIpc) is 2.64. The van der Waals surface area contributed by atoms with E-state index in [0.717, 1.165) is 17.9 Å². The van der Waals surface area contributed by atoms with Crippen LogP contribution in [0.1, 0.15) is 39.5 Å². The highest BCUT2D eigenvalue weighted by Gasteiger charge is 2.26. The van der Waals surface area contributed by atoms with E-state index in [1.807, 2.05) is 0 Å². The van der Waals surface area contributed by atoms with Crippen molar-refractivity contribution in [3.05, 3.63) is 0 Å². The Morgan fingerprint density at radius 3 is 2.73 bits per heavy atom. The fraction of sp³-hybridized carbons (Fsp3) is 1.00. The third-order valence-electron chi connectivity index (χ3n) is 3.90. The van der Waals surface area contributed by atoms with Crippen LogP contribution in [0.4, 0.5) is 0 Å². The fourth-order valence-electron chi connectivity index (χ4n) is 2.77. The van der Waals surface area contributed by atoms with Crippen LogP contribution >= 0.6 is 0 Å². The maximum atomic E-state index is 3.46. The van der Waals surface area contributed by atoms with Gasteiger partial charge in [0, 0.05) is 19.1 Å². The minimum atomic E-state index is 0.768. The molecule has 0 saturated heterocycles. The Hall–Kier alpha value is -0.0800. The van der Waals surface area contributed by atoms with Gasteiger partial charge in [0.25, 0.3) is 0 Å². The van der Waals surface area contributed by atoms with Gasteiger partial charge in [0.2, 0.25) is 0 Å². The summed E-state index contributed by atoms with van der Waals surface area (Å²) in [6.45, 7) is 7.16. The normalized spacial score (nSPS) is 28.6. The number of hydrogen-bond acceptors (Lipinski definition) is 2. The highest BCUT2D eigenvalue weighted by Crippen LogP contribution is 2.26. The molecule has 3 unspecified atom stereocenters. The first-order valence-electron chi connectivity index (χ1n) is 6.53. The van der Waals surface area contributed by atoms with Crippen LogP contribution in [0.25, 0.3) is 0 Å². The minimum Gasteiger partial charge on any atom is -0.317 e. The number of nitrogens with one attached hydrogen (secondary N) is 1. The Morgan fingerprint density at radius 2 is 2.13 bits per heavy atom. The Balaban J connectivity index is 2.27. The fourth-order valence-corrected chi connectivity index (χ4v) is 2.77. The van der Waals surface area contributed by atoms with E-state index in [0.29, 0.717) is 0 Å². The molecule has 1 aliphatic carbocycles. The Morgan fingerprint density at radius 1 is 1.40 bits per heavy atom. The summed E-state index contributed by atoms with van der Waals surface area (Å²) >= 11 is 0. The molecule has 0 radical (unpaired) electrons. The molecule has 2 heteroatoms. The van der Waals surface area contributed by atoms with Crippen molar-refractivity contribution in [2.45, 2.75) is 45.6 Å². The highest BCUT2D eigenvalue weighted by molar-refractivity contribution is 4.83. The van der Waals surface area contributed by atoms with Crippen molar-refractivity contribution in [3.8, 4) is 0 Å². The van der Waals surface area contributed by atoms with E-state index in [1.165, 1.54) is 38.8 Å². The molecule has 1 aliphatic rings. The van der Waals surface area contributed by atoms with Crippen molar-refractivity contribution < 1.29 is 0 Å². The Labute approximate surface area is 95.4 Å². The smallest absolute Gasteiger partial charge is 0.0104 e. The topological polar surface area (TPSA) is 15.3 Å². The van der Waals surface area contributed by atoms with Gasteiger partial charge in [0.05, 0.1) is 0 Å². The third-order valence-corrected chi connectivity index (χ3v) is 3.90. The first-order valence-corrected chi connectivity index (χ1v) is 6.53. The summed E-state index contributed by atoms with van der Waals surface area (Å²) in [5.74, 6) is 1.72. The van der Waals surface area contributed by atoms with Crippen LogP contribution < -0.4 is 5.32 Å². The molecule has 1 N–H and O–H groups in total. The first kappa shape index (κ1) is 13.0. The van der Waals surface area contributed by atoms with Crippen LogP contribution in [0.15, 0.2) is 0 Å². The van der Waals surface area contributed by atoms with Gasteiger partial charge in [0.1, 0.15) is 0 Å². The van der Waals surface area contributed by atoms with Crippen molar-refractivity contribution >= 4 is 0 Å². The maximum absolute atomic E-state index is 3.46. The number of rotatable bonds is 6. The van der Waals surface area contributed by atoms with Crippen LogP contribution in [-0.2, 0) is 0 Å². The third kappa shape index (κ3) is 4.12. The molecule has 1 saturated carbocycles. The zero-order chi connectivity index (χ0) is 11.3. The van der Waals surface area contributed by atoms with E-state index in [4.69, 9.17) is 0 Å². The summed E-state index contributed by atoms with van der Waals surface area (Å²) in [4.78, 5) is 2.52. The molecule has 90 valence electrons. The quantitative estimate of drug-likeness (QED) is 0.727. The monoisotopic (exact) mass is 212 g/mol. The lowest BCUT2D eigenvalue weighted by Crippen LogP contribution is -2.37. The maximum Gasteiger partial charge on any atom is 0.0104 e. The standard InChI is InChI=1S/C13H28N2/c1-5-11(2)9-15(4)10-12-7-6-8-13(12)14-3/h11-14H,5-10H2,1-4H3. The molecule has 2 nitrogen and oxygen atoms in total. The van der Waals surface area contributed by atoms with Crippen LogP contribution in [-0.4, -0.2) is 38.1 Å². The van der Waals surface area contributed by atoms with E-state index < -0.39 is 0 Å². The molecule has 0 aromatic heterocycles. The molecule has 0 bridgehead atoms. The van der Waals surface area contributed by atoms with Gasteiger partial charge in [-0.25, -0.2) is 0 Å². The van der Waals surface area contributed by atoms with Crippen LogP contribution in [0.2, 0.25) is 0 Å². The molecular formula is C13H28N2. The van der Waals surface area contributed by atoms with Crippen molar-refractivity contribution in [2.75, 3.05) is 27.2 Å². The predicted octanol–water partition coefficient (Wildman–Crippen LogP) is 2.35. The van der Waals surface area contributed by atoms with E-state index in [9.17, 15) is 0 Å². The van der Waals surface area contributed by atoms with E-state index in [-0.39, 0.29) is 0 Å². The lowest BCUT2D eigenvalue weighted by molar-refractivity contribution is 0.226. The molecule has 0 spiro atoms. The van der Waals surface area contributed by atoms with E-state index in [1.54, 1.807) is 0 Å². The summed E-state index contributed by atoms with van der Waals surface area (Å²) in [6.07, 6.45) is 5.49. The minimum absolute atomic E-state index is 0.768. The van der Waals surface area contributed by atoms with Crippen LogP contribution in [0, 0.1) is 11.8 Å².